The number of anilines is 3. The Hall–Kier alpha value is -2.75. The molecule has 0 saturated heterocycles. The summed E-state index contributed by atoms with van der Waals surface area (Å²) in [5.74, 6) is -0.294. The van der Waals surface area contributed by atoms with Crippen molar-refractivity contribution < 1.29 is 10.3 Å². The summed E-state index contributed by atoms with van der Waals surface area (Å²) >= 11 is 0. The highest BCUT2D eigenvalue weighted by atomic mass is 16.2. The van der Waals surface area contributed by atoms with Gasteiger partial charge in [0.2, 0.25) is 0 Å². The van der Waals surface area contributed by atoms with Crippen molar-refractivity contribution in [3.8, 4) is 0 Å². The van der Waals surface area contributed by atoms with Gasteiger partial charge in [-0.2, -0.15) is 0 Å². The molecule has 3 rings (SSSR count). The van der Waals surface area contributed by atoms with Crippen LogP contribution in [0.3, 0.4) is 0 Å². The molecule has 100 valence electrons. The number of hydrogen-bond donors (Lipinski definition) is 3. The van der Waals surface area contributed by atoms with Gasteiger partial charge in [0, 0.05) is 28.8 Å². The molecule has 2 aromatic carbocycles. The van der Waals surface area contributed by atoms with Crippen LogP contribution in [0.2, 0.25) is 0 Å². The van der Waals surface area contributed by atoms with Gasteiger partial charge in [-0.15, -0.1) is 0 Å². The van der Waals surface area contributed by atoms with E-state index >= 15 is 0 Å². The minimum absolute atomic E-state index is 0.0264. The molecular weight excluding hydrogens is 250 g/mol. The number of nitrogen functional groups attached to an aromatic ring is 1. The van der Waals surface area contributed by atoms with Crippen LogP contribution in [0.5, 0.6) is 0 Å². The van der Waals surface area contributed by atoms with Gasteiger partial charge in [-0.1, -0.05) is 12.1 Å². The third kappa shape index (κ3) is 2.12. The van der Waals surface area contributed by atoms with Crippen LogP contribution >= 0.6 is 0 Å². The fourth-order valence-corrected chi connectivity index (χ4v) is 2.11. The number of carbonyl (C=O) groups is 1. The Bertz CT molecular complexity index is 880. The number of rotatable bonds is 2. The molecule has 4 nitrogen and oxygen atoms in total. The van der Waals surface area contributed by atoms with Gasteiger partial charge in [0.1, 0.15) is 0 Å². The molecule has 0 bridgehead atoms. The molecular formula is C16H15N3O. The average Bonchev–Trinajstić information content (AvgIpc) is 2.88. The van der Waals surface area contributed by atoms with Crippen LogP contribution in [-0.2, 0) is 4.79 Å². The van der Waals surface area contributed by atoms with Gasteiger partial charge in [-0.05, 0) is 42.7 Å². The molecule has 0 aliphatic carbocycles. The number of aryl methyl sites for hydroxylation is 1. The molecule has 0 spiro atoms. The Balaban J connectivity index is 2.07. The van der Waals surface area contributed by atoms with E-state index in [2.05, 4.69) is 10.6 Å². The van der Waals surface area contributed by atoms with Crippen molar-refractivity contribution in [3.05, 3.63) is 59.7 Å². The lowest BCUT2D eigenvalue weighted by Gasteiger charge is -2.05. The van der Waals surface area contributed by atoms with Crippen molar-refractivity contribution in [2.24, 2.45) is 0 Å². The van der Waals surface area contributed by atoms with Crippen LogP contribution in [0.4, 0.5) is 17.1 Å². The first kappa shape index (κ1) is 8.43. The Morgan fingerprint density at radius 1 is 1.30 bits per heavy atom. The van der Waals surface area contributed by atoms with E-state index in [0.717, 1.165) is 11.1 Å². The number of hydrogen-bond acceptors (Lipinski definition) is 3. The second-order valence-corrected chi connectivity index (χ2v) is 4.44. The van der Waals surface area contributed by atoms with Crippen LogP contribution in [-0.4, -0.2) is 5.91 Å². The lowest BCUT2D eigenvalue weighted by molar-refractivity contribution is -0.110. The van der Waals surface area contributed by atoms with E-state index in [1.165, 1.54) is 6.20 Å². The summed E-state index contributed by atoms with van der Waals surface area (Å²) in [7, 11) is 0. The standard InChI is InChI=1S/C16H15N3O/c1-10-3-2-4-14-15(10)13(16(20)19-14)9-18-12-7-5-11(17)6-8-12/h2-9,18H,17H2,1H3,(H,19,20)/i5D,6D,7D,8D. The molecule has 0 fully saturated rings. The second kappa shape index (κ2) is 4.74. The van der Waals surface area contributed by atoms with Crippen molar-refractivity contribution in [1.29, 1.82) is 0 Å². The minimum Gasteiger partial charge on any atom is -0.399 e. The Morgan fingerprint density at radius 2 is 2.05 bits per heavy atom. The van der Waals surface area contributed by atoms with E-state index < -0.39 is 0 Å². The molecule has 2 aromatic rings. The number of nitrogens with two attached hydrogens (primary N) is 1. The highest BCUT2D eigenvalue weighted by molar-refractivity contribution is 6.32. The Kier molecular flexibility index (Phi) is 2.00. The average molecular weight is 269 g/mol. The maximum absolute atomic E-state index is 12.2. The van der Waals surface area contributed by atoms with Gasteiger partial charge < -0.3 is 16.4 Å². The van der Waals surface area contributed by atoms with Crippen LogP contribution in [0.15, 0.2) is 48.6 Å². The third-order valence-electron chi connectivity index (χ3n) is 3.04. The normalized spacial score (nSPS) is 17.9. The molecule has 0 atom stereocenters. The van der Waals surface area contributed by atoms with Gasteiger partial charge in [0.05, 0.1) is 11.1 Å². The number of fused-ring (bicyclic) bond motifs is 1. The highest BCUT2D eigenvalue weighted by Gasteiger charge is 2.25. The van der Waals surface area contributed by atoms with Crippen LogP contribution < -0.4 is 16.4 Å². The van der Waals surface area contributed by atoms with Gasteiger partial charge in [0.25, 0.3) is 5.91 Å². The largest absolute Gasteiger partial charge is 0.399 e. The number of carbonyl (C=O) groups excluding carboxylic acids is 1. The Labute approximate surface area is 122 Å². The smallest absolute Gasteiger partial charge is 0.257 e. The van der Waals surface area contributed by atoms with Crippen molar-refractivity contribution in [2.75, 3.05) is 16.4 Å². The first-order chi connectivity index (χ1) is 11.3. The quantitative estimate of drug-likeness (QED) is 0.580. The molecule has 1 amide bonds. The number of benzene rings is 2. The van der Waals surface area contributed by atoms with Gasteiger partial charge in [0.15, 0.2) is 0 Å². The van der Waals surface area contributed by atoms with E-state index in [4.69, 9.17) is 11.2 Å². The molecule has 0 saturated carbocycles. The summed E-state index contributed by atoms with van der Waals surface area (Å²) in [4.78, 5) is 12.2. The maximum Gasteiger partial charge on any atom is 0.257 e. The molecule has 1 aliphatic heterocycles. The van der Waals surface area contributed by atoms with Crippen molar-refractivity contribution in [2.45, 2.75) is 6.92 Å². The maximum atomic E-state index is 12.2. The first-order valence-electron chi connectivity index (χ1n) is 8.06. The van der Waals surface area contributed by atoms with Crippen molar-refractivity contribution in [1.82, 2.24) is 0 Å². The van der Waals surface area contributed by atoms with E-state index in [1.807, 2.05) is 19.1 Å². The lowest BCUT2D eigenvalue weighted by atomic mass is 10.0. The van der Waals surface area contributed by atoms with E-state index in [1.54, 1.807) is 6.07 Å². The second-order valence-electron chi connectivity index (χ2n) is 4.44. The summed E-state index contributed by atoms with van der Waals surface area (Å²) in [6, 6.07) is 4.32. The molecule has 1 heterocycles. The minimum atomic E-state index is -0.315. The molecule has 0 aromatic heterocycles. The van der Waals surface area contributed by atoms with Crippen molar-refractivity contribution >= 4 is 28.5 Å². The summed E-state index contributed by atoms with van der Waals surface area (Å²) in [6.45, 7) is 1.88. The summed E-state index contributed by atoms with van der Waals surface area (Å²) < 4.78 is 31.3. The van der Waals surface area contributed by atoms with E-state index in [0.29, 0.717) is 11.3 Å². The zero-order valence-corrected chi connectivity index (χ0v) is 10.8. The molecule has 4 N–H and O–H groups in total. The summed E-state index contributed by atoms with van der Waals surface area (Å²) in [5, 5.41) is 5.49. The highest BCUT2D eigenvalue weighted by Crippen LogP contribution is 2.34. The number of nitrogens with one attached hydrogen (secondary N) is 2. The molecule has 0 radical (unpaired) electrons. The van der Waals surface area contributed by atoms with Crippen LogP contribution in [0.1, 0.15) is 16.6 Å². The van der Waals surface area contributed by atoms with Gasteiger partial charge >= 0.3 is 0 Å². The lowest BCUT2D eigenvalue weighted by Crippen LogP contribution is -2.05. The zero-order chi connectivity index (χ0) is 17.6. The van der Waals surface area contributed by atoms with Gasteiger partial charge in [-0.3, -0.25) is 4.79 Å². The summed E-state index contributed by atoms with van der Waals surface area (Å²) in [5.41, 5.74) is 8.06. The fourth-order valence-electron chi connectivity index (χ4n) is 2.11. The van der Waals surface area contributed by atoms with Gasteiger partial charge in [-0.25, -0.2) is 0 Å². The SMILES string of the molecule is [2H]c1c([2H])c(NC=C2C(=O)Nc3cccc(C)c32)c([2H])c([2H])c1N. The zero-order valence-electron chi connectivity index (χ0n) is 14.8. The molecule has 20 heavy (non-hydrogen) atoms. The van der Waals surface area contributed by atoms with E-state index in [9.17, 15) is 4.79 Å². The predicted molar refractivity (Wildman–Crippen MR) is 82.3 cm³/mol. The summed E-state index contributed by atoms with van der Waals surface area (Å²) in [6.07, 6.45) is 1.40. The monoisotopic (exact) mass is 269 g/mol. The molecule has 1 aliphatic rings. The van der Waals surface area contributed by atoms with Crippen LogP contribution in [0, 0.1) is 6.92 Å². The fraction of sp³-hybridized carbons (Fsp3) is 0.0625. The predicted octanol–water partition coefficient (Wildman–Crippen LogP) is 2.98. The van der Waals surface area contributed by atoms with Crippen LogP contribution in [0.25, 0.3) is 5.57 Å². The first-order valence-corrected chi connectivity index (χ1v) is 6.06. The third-order valence-corrected chi connectivity index (χ3v) is 3.04. The topological polar surface area (TPSA) is 67.2 Å². The molecule has 4 heteroatoms. The van der Waals surface area contributed by atoms with Crippen molar-refractivity contribution in [3.63, 3.8) is 0 Å². The Morgan fingerprint density at radius 3 is 2.80 bits per heavy atom. The van der Waals surface area contributed by atoms with E-state index in [-0.39, 0.29) is 41.5 Å². The molecule has 0 unspecified atom stereocenters. The number of amides is 1.